The second kappa shape index (κ2) is 17.9. The standard InChI is InChI=1S/C47H65N5O5/c1-29(2)41-35(40-37(46(6,7)8)24-30(45(3,4)5)25-38(40)51-41)26-39(42(53)50-28-47(20-14-22-48,21-15-23-49)43(54)56-9)52-44(55)57-27-36-33-18-12-10-16-31(33)32-17-11-13-19-34(32)36/h10-13,16-19,24-25,29,36,39,51H,14-15,20-23,26-28,48-49H2,1-9H3,(H,50,53)(H,52,55)/t39-/m0/s1. The predicted octanol–water partition coefficient (Wildman–Crippen LogP) is 8.09. The van der Waals surface area contributed by atoms with Crippen LogP contribution in [-0.2, 0) is 36.3 Å². The maximum absolute atomic E-state index is 14.6. The minimum Gasteiger partial charge on any atom is -0.469 e. The zero-order valence-corrected chi connectivity index (χ0v) is 35.6. The molecule has 0 radical (unpaired) electrons. The van der Waals surface area contributed by atoms with E-state index in [2.05, 4.69) is 107 Å². The van der Waals surface area contributed by atoms with Crippen LogP contribution in [0.1, 0.15) is 126 Å². The molecule has 0 saturated carbocycles. The maximum Gasteiger partial charge on any atom is 0.407 e. The number of amides is 2. The summed E-state index contributed by atoms with van der Waals surface area (Å²) >= 11 is 0. The minimum absolute atomic E-state index is 0.00842. The molecular formula is C47H65N5O5. The lowest BCUT2D eigenvalue weighted by Crippen LogP contribution is -2.52. The summed E-state index contributed by atoms with van der Waals surface area (Å²) in [6, 6.07) is 19.8. The molecular weight excluding hydrogens is 715 g/mol. The molecule has 1 aliphatic carbocycles. The maximum atomic E-state index is 14.6. The highest BCUT2D eigenvalue weighted by Crippen LogP contribution is 2.45. The molecule has 1 aliphatic rings. The fraction of sp³-hybridized carbons (Fsp3) is 0.511. The number of carbonyl (C=O) groups excluding carboxylic acids is 3. The first kappa shape index (κ1) is 43.5. The van der Waals surface area contributed by atoms with Gasteiger partial charge in [0.25, 0.3) is 0 Å². The Bertz CT molecular complexity index is 2000. The smallest absolute Gasteiger partial charge is 0.407 e. The SMILES string of the molecule is COC(=O)C(CCCN)(CCCN)CNC(=O)[C@H](Cc1c(C(C)C)[nH]c2cc(C(C)(C)C)cc(C(C)(C)C)c12)NC(=O)OCC1c2ccccc2-c2ccccc21. The average molecular weight is 780 g/mol. The molecule has 7 N–H and O–H groups in total. The summed E-state index contributed by atoms with van der Waals surface area (Å²) in [5, 5.41) is 7.10. The second-order valence-corrected chi connectivity index (χ2v) is 18.1. The number of esters is 1. The number of fused-ring (bicyclic) bond motifs is 4. The Kier molecular flexibility index (Phi) is 13.6. The molecule has 0 unspecified atom stereocenters. The third kappa shape index (κ3) is 9.56. The van der Waals surface area contributed by atoms with Gasteiger partial charge in [0.15, 0.2) is 0 Å². The van der Waals surface area contributed by atoms with Crippen molar-refractivity contribution in [2.24, 2.45) is 16.9 Å². The molecule has 0 fully saturated rings. The fourth-order valence-corrected chi connectivity index (χ4v) is 8.40. The third-order valence-electron chi connectivity index (χ3n) is 11.6. The van der Waals surface area contributed by atoms with E-state index in [-0.39, 0.29) is 42.2 Å². The van der Waals surface area contributed by atoms with E-state index in [0.29, 0.717) is 38.8 Å². The number of rotatable bonds is 16. The van der Waals surface area contributed by atoms with Crippen LogP contribution in [0.5, 0.6) is 0 Å². The molecule has 1 heterocycles. The van der Waals surface area contributed by atoms with E-state index in [0.717, 1.165) is 50.0 Å². The largest absolute Gasteiger partial charge is 0.469 e. The molecule has 0 aliphatic heterocycles. The van der Waals surface area contributed by atoms with Crippen molar-refractivity contribution in [1.82, 2.24) is 15.6 Å². The summed E-state index contributed by atoms with van der Waals surface area (Å²) in [6.45, 7) is 18.4. The quantitative estimate of drug-likeness (QED) is 0.0719. The summed E-state index contributed by atoms with van der Waals surface area (Å²) in [7, 11) is 1.35. The van der Waals surface area contributed by atoms with Crippen molar-refractivity contribution in [1.29, 1.82) is 0 Å². The first-order valence-corrected chi connectivity index (χ1v) is 20.5. The third-order valence-corrected chi connectivity index (χ3v) is 11.6. The van der Waals surface area contributed by atoms with Gasteiger partial charge in [0.2, 0.25) is 5.91 Å². The first-order valence-electron chi connectivity index (χ1n) is 20.5. The van der Waals surface area contributed by atoms with Crippen molar-refractivity contribution in [3.8, 4) is 11.1 Å². The Morgan fingerprint density at radius 2 is 1.42 bits per heavy atom. The van der Waals surface area contributed by atoms with E-state index in [1.54, 1.807) is 0 Å². The highest BCUT2D eigenvalue weighted by Gasteiger charge is 2.40. The lowest BCUT2D eigenvalue weighted by Gasteiger charge is -2.32. The molecule has 0 bridgehead atoms. The molecule has 1 aromatic heterocycles. The zero-order chi connectivity index (χ0) is 41.7. The number of ether oxygens (including phenoxy) is 2. The van der Waals surface area contributed by atoms with Crippen molar-refractivity contribution in [2.45, 2.75) is 116 Å². The Labute approximate surface area is 339 Å². The van der Waals surface area contributed by atoms with Gasteiger partial charge in [-0.1, -0.05) is 110 Å². The summed E-state index contributed by atoms with van der Waals surface area (Å²) in [5.74, 6) is -0.899. The summed E-state index contributed by atoms with van der Waals surface area (Å²) < 4.78 is 11.3. The van der Waals surface area contributed by atoms with Gasteiger partial charge in [0.05, 0.1) is 12.5 Å². The highest BCUT2D eigenvalue weighted by atomic mass is 16.5. The van der Waals surface area contributed by atoms with E-state index in [1.807, 2.05) is 24.3 Å². The highest BCUT2D eigenvalue weighted by molar-refractivity contribution is 5.92. The molecule has 308 valence electrons. The number of alkyl carbamates (subject to hydrolysis) is 1. The van der Waals surface area contributed by atoms with Crippen LogP contribution in [0, 0.1) is 5.41 Å². The minimum atomic E-state index is -1.04. The van der Waals surface area contributed by atoms with Gasteiger partial charge in [-0.15, -0.1) is 0 Å². The number of methoxy groups -OCH3 is 1. The van der Waals surface area contributed by atoms with Gasteiger partial charge in [0.1, 0.15) is 12.6 Å². The fourth-order valence-electron chi connectivity index (χ4n) is 8.40. The molecule has 2 amide bonds. The van der Waals surface area contributed by atoms with Gasteiger partial charge in [0, 0.05) is 35.5 Å². The van der Waals surface area contributed by atoms with Gasteiger partial charge in [-0.3, -0.25) is 9.59 Å². The number of hydrogen-bond donors (Lipinski definition) is 5. The van der Waals surface area contributed by atoms with E-state index in [4.69, 9.17) is 20.9 Å². The summed E-state index contributed by atoms with van der Waals surface area (Å²) in [4.78, 5) is 45.7. The number of aromatic amines is 1. The van der Waals surface area contributed by atoms with Crippen LogP contribution in [0.15, 0.2) is 60.7 Å². The number of nitrogens with one attached hydrogen (secondary N) is 3. The monoisotopic (exact) mass is 779 g/mol. The molecule has 10 heteroatoms. The number of benzene rings is 3. The Hall–Kier alpha value is -4.67. The lowest BCUT2D eigenvalue weighted by molar-refractivity contribution is -0.154. The second-order valence-electron chi connectivity index (χ2n) is 18.1. The molecule has 0 saturated heterocycles. The molecule has 1 atom stereocenters. The van der Waals surface area contributed by atoms with Gasteiger partial charge < -0.3 is 36.6 Å². The van der Waals surface area contributed by atoms with Gasteiger partial charge in [-0.05, 0) is 101 Å². The average Bonchev–Trinajstić information content (AvgIpc) is 3.70. The van der Waals surface area contributed by atoms with E-state index < -0.39 is 29.4 Å². The molecule has 57 heavy (non-hydrogen) atoms. The zero-order valence-electron chi connectivity index (χ0n) is 35.6. The first-order chi connectivity index (χ1) is 26.9. The van der Waals surface area contributed by atoms with Crippen LogP contribution < -0.4 is 22.1 Å². The Morgan fingerprint density at radius 1 is 0.842 bits per heavy atom. The molecule has 10 nitrogen and oxygen atoms in total. The predicted molar refractivity (Wildman–Crippen MR) is 230 cm³/mol. The van der Waals surface area contributed by atoms with Crippen molar-refractivity contribution in [3.63, 3.8) is 0 Å². The summed E-state index contributed by atoms with van der Waals surface area (Å²) in [5.41, 5.74) is 20.2. The van der Waals surface area contributed by atoms with E-state index in [1.165, 1.54) is 12.7 Å². The topological polar surface area (TPSA) is 162 Å². The van der Waals surface area contributed by atoms with Gasteiger partial charge in [-0.2, -0.15) is 0 Å². The number of aromatic nitrogens is 1. The summed E-state index contributed by atoms with van der Waals surface area (Å²) in [6.07, 6.45) is 1.47. The van der Waals surface area contributed by atoms with Crippen LogP contribution in [0.4, 0.5) is 4.79 Å². The van der Waals surface area contributed by atoms with Crippen LogP contribution in [0.25, 0.3) is 22.0 Å². The Morgan fingerprint density at radius 3 is 1.93 bits per heavy atom. The lowest BCUT2D eigenvalue weighted by atomic mass is 9.77. The molecule has 3 aromatic carbocycles. The van der Waals surface area contributed by atoms with Crippen molar-refractivity contribution >= 4 is 28.9 Å². The van der Waals surface area contributed by atoms with Crippen LogP contribution in [0.3, 0.4) is 0 Å². The van der Waals surface area contributed by atoms with E-state index >= 15 is 0 Å². The number of nitrogens with two attached hydrogens (primary N) is 2. The number of hydrogen-bond acceptors (Lipinski definition) is 7. The van der Waals surface area contributed by atoms with Crippen molar-refractivity contribution in [2.75, 3.05) is 33.4 Å². The molecule has 5 rings (SSSR count). The normalized spacial score (nSPS) is 13.7. The number of carbonyl (C=O) groups is 3. The van der Waals surface area contributed by atoms with Gasteiger partial charge >= 0.3 is 12.1 Å². The van der Waals surface area contributed by atoms with Crippen LogP contribution >= 0.6 is 0 Å². The van der Waals surface area contributed by atoms with Gasteiger partial charge in [-0.25, -0.2) is 4.79 Å². The Balaban J connectivity index is 1.53. The van der Waals surface area contributed by atoms with Crippen molar-refractivity contribution < 1.29 is 23.9 Å². The van der Waals surface area contributed by atoms with Crippen LogP contribution in [-0.4, -0.2) is 62.3 Å². The van der Waals surface area contributed by atoms with Crippen molar-refractivity contribution in [3.05, 3.63) is 94.2 Å². The molecule has 4 aromatic rings. The van der Waals surface area contributed by atoms with Crippen LogP contribution in [0.2, 0.25) is 0 Å². The van der Waals surface area contributed by atoms with E-state index in [9.17, 15) is 14.4 Å². The molecule has 0 spiro atoms. The number of H-pyrrole nitrogens is 1.